The standard InChI is InChI=1S/C57H106O6/c1-4-7-10-13-16-19-22-25-27-28-30-32-35-38-41-44-47-50-56(59)62-53-54(52-61-55(58)49-46-43-40-37-34-31-24-21-18-15-12-9-6-3)63-57(60)51-48-45-42-39-36-33-29-26-23-20-17-14-11-8-5-2/h17,20,26,29,54H,4-16,18-19,21-25,27-28,30-53H2,1-3H3. The summed E-state index contributed by atoms with van der Waals surface area (Å²) in [5, 5.41) is 0. The molecule has 1 unspecified atom stereocenters. The van der Waals surface area contributed by atoms with Crippen molar-refractivity contribution in [2.24, 2.45) is 0 Å². The van der Waals surface area contributed by atoms with Crippen LogP contribution in [-0.2, 0) is 28.6 Å². The van der Waals surface area contributed by atoms with Gasteiger partial charge in [0.25, 0.3) is 0 Å². The molecule has 0 aromatic heterocycles. The molecule has 1 atom stereocenters. The molecule has 0 heterocycles. The Balaban J connectivity index is 4.33. The van der Waals surface area contributed by atoms with Crippen LogP contribution in [0.3, 0.4) is 0 Å². The molecule has 0 aromatic carbocycles. The summed E-state index contributed by atoms with van der Waals surface area (Å²) in [4.78, 5) is 38.1. The van der Waals surface area contributed by atoms with Gasteiger partial charge in [-0.1, -0.05) is 257 Å². The topological polar surface area (TPSA) is 78.9 Å². The smallest absolute Gasteiger partial charge is 0.306 e. The SMILES string of the molecule is CCCCCC=CCC=CCCCCCCCC(=O)OC(COC(=O)CCCCCCCCCCCCCCC)COC(=O)CCCCCCCCCCCCCCCCCCC. The number of ether oxygens (including phenoxy) is 3. The van der Waals surface area contributed by atoms with E-state index in [0.29, 0.717) is 19.3 Å². The van der Waals surface area contributed by atoms with Gasteiger partial charge in [0.1, 0.15) is 13.2 Å². The summed E-state index contributed by atoms with van der Waals surface area (Å²) >= 11 is 0. The molecule has 0 bridgehead atoms. The highest BCUT2D eigenvalue weighted by atomic mass is 16.6. The van der Waals surface area contributed by atoms with Gasteiger partial charge < -0.3 is 14.2 Å². The van der Waals surface area contributed by atoms with Crippen LogP contribution in [0.15, 0.2) is 24.3 Å². The van der Waals surface area contributed by atoms with Gasteiger partial charge in [-0.3, -0.25) is 14.4 Å². The molecule has 0 aliphatic heterocycles. The first-order valence-corrected chi connectivity index (χ1v) is 27.8. The fraction of sp³-hybridized carbons (Fsp3) is 0.877. The van der Waals surface area contributed by atoms with Crippen molar-refractivity contribution in [3.8, 4) is 0 Å². The molecule has 0 aliphatic rings. The van der Waals surface area contributed by atoms with E-state index >= 15 is 0 Å². The first-order chi connectivity index (χ1) is 31.0. The van der Waals surface area contributed by atoms with E-state index in [9.17, 15) is 14.4 Å². The number of carbonyl (C=O) groups is 3. The molecule has 0 radical (unpaired) electrons. The van der Waals surface area contributed by atoms with Crippen LogP contribution in [0, 0.1) is 0 Å². The molecule has 0 spiro atoms. The zero-order valence-electron chi connectivity index (χ0n) is 42.4. The van der Waals surface area contributed by atoms with E-state index in [1.54, 1.807) is 0 Å². The van der Waals surface area contributed by atoms with Crippen molar-refractivity contribution in [1.82, 2.24) is 0 Å². The summed E-state index contributed by atoms with van der Waals surface area (Å²) in [5.41, 5.74) is 0. The third kappa shape index (κ3) is 50.7. The van der Waals surface area contributed by atoms with Gasteiger partial charge in [-0.05, 0) is 51.4 Å². The van der Waals surface area contributed by atoms with E-state index in [1.807, 2.05) is 0 Å². The minimum atomic E-state index is -0.773. The second-order valence-electron chi connectivity index (χ2n) is 18.9. The number of esters is 3. The largest absolute Gasteiger partial charge is 0.462 e. The number of unbranched alkanes of at least 4 members (excludes halogenated alkanes) is 36. The molecular weight excluding hydrogens is 781 g/mol. The van der Waals surface area contributed by atoms with Crippen molar-refractivity contribution in [2.75, 3.05) is 13.2 Å². The van der Waals surface area contributed by atoms with Crippen LogP contribution in [0.25, 0.3) is 0 Å². The summed E-state index contributed by atoms with van der Waals surface area (Å²) in [6.07, 6.45) is 60.2. The van der Waals surface area contributed by atoms with E-state index in [4.69, 9.17) is 14.2 Å². The van der Waals surface area contributed by atoms with Gasteiger partial charge in [0, 0.05) is 19.3 Å². The zero-order valence-corrected chi connectivity index (χ0v) is 42.4. The third-order valence-electron chi connectivity index (χ3n) is 12.5. The van der Waals surface area contributed by atoms with Gasteiger partial charge in [-0.2, -0.15) is 0 Å². The zero-order chi connectivity index (χ0) is 45.8. The van der Waals surface area contributed by atoms with E-state index in [2.05, 4.69) is 45.1 Å². The summed E-state index contributed by atoms with van der Waals surface area (Å²) < 4.78 is 16.8. The highest BCUT2D eigenvalue weighted by molar-refractivity contribution is 5.71. The normalized spacial score (nSPS) is 12.1. The second kappa shape index (κ2) is 52.5. The first kappa shape index (κ1) is 60.9. The lowest BCUT2D eigenvalue weighted by Crippen LogP contribution is -2.30. The Morgan fingerprint density at radius 1 is 0.317 bits per heavy atom. The lowest BCUT2D eigenvalue weighted by atomic mass is 10.0. The van der Waals surface area contributed by atoms with Crippen molar-refractivity contribution in [3.05, 3.63) is 24.3 Å². The molecule has 0 amide bonds. The molecule has 370 valence electrons. The molecule has 6 nitrogen and oxygen atoms in total. The molecule has 63 heavy (non-hydrogen) atoms. The van der Waals surface area contributed by atoms with E-state index < -0.39 is 6.10 Å². The molecule has 0 aromatic rings. The van der Waals surface area contributed by atoms with E-state index in [0.717, 1.165) is 77.0 Å². The first-order valence-electron chi connectivity index (χ1n) is 27.8. The van der Waals surface area contributed by atoms with Crippen molar-refractivity contribution in [3.63, 3.8) is 0 Å². The molecule has 6 heteroatoms. The number of carbonyl (C=O) groups excluding carboxylic acids is 3. The minimum absolute atomic E-state index is 0.0717. The number of hydrogen-bond acceptors (Lipinski definition) is 6. The Bertz CT molecular complexity index is 1020. The van der Waals surface area contributed by atoms with Crippen LogP contribution >= 0.6 is 0 Å². The van der Waals surface area contributed by atoms with Crippen LogP contribution < -0.4 is 0 Å². The fourth-order valence-electron chi connectivity index (χ4n) is 8.24. The second-order valence-corrected chi connectivity index (χ2v) is 18.9. The van der Waals surface area contributed by atoms with Crippen LogP contribution in [0.4, 0.5) is 0 Å². The maximum absolute atomic E-state index is 12.8. The van der Waals surface area contributed by atoms with E-state index in [-0.39, 0.29) is 31.1 Å². The number of hydrogen-bond donors (Lipinski definition) is 0. The highest BCUT2D eigenvalue weighted by Crippen LogP contribution is 2.17. The number of rotatable bonds is 51. The minimum Gasteiger partial charge on any atom is -0.462 e. The van der Waals surface area contributed by atoms with Gasteiger partial charge in [0.05, 0.1) is 0 Å². The number of allylic oxidation sites excluding steroid dienone is 4. The molecular formula is C57H106O6. The molecule has 0 saturated carbocycles. The quantitative estimate of drug-likeness (QED) is 0.0262. The lowest BCUT2D eigenvalue weighted by molar-refractivity contribution is -0.167. The van der Waals surface area contributed by atoms with E-state index in [1.165, 1.54) is 186 Å². The molecule has 0 rings (SSSR count). The average Bonchev–Trinajstić information content (AvgIpc) is 3.28. The fourth-order valence-corrected chi connectivity index (χ4v) is 8.24. The summed E-state index contributed by atoms with van der Waals surface area (Å²) in [7, 11) is 0. The Labute approximate surface area is 392 Å². The van der Waals surface area contributed by atoms with Crippen molar-refractivity contribution in [2.45, 2.75) is 309 Å². The molecule has 0 saturated heterocycles. The van der Waals surface area contributed by atoms with Crippen LogP contribution in [-0.4, -0.2) is 37.2 Å². The predicted octanol–water partition coefficient (Wildman–Crippen LogP) is 18.3. The summed E-state index contributed by atoms with van der Waals surface area (Å²) in [6.45, 7) is 6.64. The Morgan fingerprint density at radius 2 is 0.571 bits per heavy atom. The van der Waals surface area contributed by atoms with Gasteiger partial charge >= 0.3 is 17.9 Å². The predicted molar refractivity (Wildman–Crippen MR) is 270 cm³/mol. The maximum Gasteiger partial charge on any atom is 0.306 e. The van der Waals surface area contributed by atoms with Gasteiger partial charge in [-0.25, -0.2) is 0 Å². The Hall–Kier alpha value is -2.11. The van der Waals surface area contributed by atoms with Gasteiger partial charge in [-0.15, -0.1) is 0 Å². The highest BCUT2D eigenvalue weighted by Gasteiger charge is 2.19. The third-order valence-corrected chi connectivity index (χ3v) is 12.5. The average molecular weight is 887 g/mol. The van der Waals surface area contributed by atoms with Crippen molar-refractivity contribution < 1.29 is 28.6 Å². The van der Waals surface area contributed by atoms with Crippen LogP contribution in [0.2, 0.25) is 0 Å². The molecule has 0 N–H and O–H groups in total. The molecule has 0 fully saturated rings. The Kier molecular flexibility index (Phi) is 50.8. The van der Waals surface area contributed by atoms with Crippen LogP contribution in [0.1, 0.15) is 303 Å². The van der Waals surface area contributed by atoms with Crippen LogP contribution in [0.5, 0.6) is 0 Å². The van der Waals surface area contributed by atoms with Crippen molar-refractivity contribution >= 4 is 17.9 Å². The summed E-state index contributed by atoms with van der Waals surface area (Å²) in [5.74, 6) is -0.867. The maximum atomic E-state index is 12.8. The van der Waals surface area contributed by atoms with Crippen molar-refractivity contribution in [1.29, 1.82) is 0 Å². The van der Waals surface area contributed by atoms with Gasteiger partial charge in [0.2, 0.25) is 0 Å². The monoisotopic (exact) mass is 887 g/mol. The van der Waals surface area contributed by atoms with Gasteiger partial charge in [0.15, 0.2) is 6.10 Å². The Morgan fingerprint density at radius 3 is 0.905 bits per heavy atom. The summed E-state index contributed by atoms with van der Waals surface area (Å²) in [6, 6.07) is 0. The lowest BCUT2D eigenvalue weighted by Gasteiger charge is -2.18. The molecule has 0 aliphatic carbocycles.